The van der Waals surface area contributed by atoms with Gasteiger partial charge < -0.3 is 9.47 Å². The minimum absolute atomic E-state index is 0.0525. The van der Waals surface area contributed by atoms with Crippen molar-refractivity contribution >= 4 is 12.2 Å². The number of aromatic nitrogens is 4. The maximum Gasteiger partial charge on any atom is 0.282 e. The van der Waals surface area contributed by atoms with E-state index in [4.69, 9.17) is 14.6 Å². The zero-order chi connectivity index (χ0) is 22.8. The van der Waals surface area contributed by atoms with E-state index in [1.165, 1.54) is 0 Å². The van der Waals surface area contributed by atoms with E-state index in [1.54, 1.807) is 17.7 Å². The van der Waals surface area contributed by atoms with Gasteiger partial charge in [-0.1, -0.05) is 18.2 Å². The zero-order valence-electron chi connectivity index (χ0n) is 17.8. The Kier molecular flexibility index (Phi) is 5.21. The third kappa shape index (κ3) is 3.88. The Balaban J connectivity index is 1.61. The molecule has 3 heterocycles. The smallest absolute Gasteiger partial charge is 0.282 e. The summed E-state index contributed by atoms with van der Waals surface area (Å²) in [5.41, 5.74) is 3.95. The average molecular weight is 437 g/mol. The molecule has 0 atom stereocenters. The van der Waals surface area contributed by atoms with Crippen molar-refractivity contribution in [2.75, 3.05) is 13.2 Å². The largest absolute Gasteiger partial charge is 0.486 e. The molecule has 1 N–H and O–H groups in total. The van der Waals surface area contributed by atoms with Gasteiger partial charge >= 0.3 is 0 Å². The first-order valence-electron chi connectivity index (χ1n) is 10.4. The van der Waals surface area contributed by atoms with Gasteiger partial charge in [-0.2, -0.15) is 15.5 Å². The summed E-state index contributed by atoms with van der Waals surface area (Å²) in [6.45, 7) is 2.73. The van der Waals surface area contributed by atoms with E-state index in [0.717, 1.165) is 22.5 Å². The highest BCUT2D eigenvalue weighted by molar-refractivity contribution is 5.79. The SMILES string of the molecule is Cc1c(/C=C/c2cn(-c3ccccc3)nc2-c2ccc3c(c2)OCCO3)n[nH]c(=O)c1C#N. The molecule has 4 aromatic rings. The van der Waals surface area contributed by atoms with E-state index in [9.17, 15) is 10.1 Å². The summed E-state index contributed by atoms with van der Waals surface area (Å²) in [6.07, 6.45) is 5.55. The summed E-state index contributed by atoms with van der Waals surface area (Å²) >= 11 is 0. The van der Waals surface area contributed by atoms with Gasteiger partial charge in [-0.05, 0) is 55.0 Å². The molecule has 8 heteroatoms. The number of fused-ring (bicyclic) bond motifs is 1. The molecule has 162 valence electrons. The molecule has 0 aliphatic carbocycles. The molecule has 0 saturated heterocycles. The summed E-state index contributed by atoms with van der Waals surface area (Å²) in [6, 6.07) is 17.5. The maximum absolute atomic E-state index is 11.8. The monoisotopic (exact) mass is 437 g/mol. The quantitative estimate of drug-likeness (QED) is 0.521. The van der Waals surface area contributed by atoms with Crippen LogP contribution >= 0.6 is 0 Å². The van der Waals surface area contributed by atoms with E-state index in [0.29, 0.717) is 36.0 Å². The van der Waals surface area contributed by atoms with Crippen LogP contribution in [0.1, 0.15) is 22.4 Å². The van der Waals surface area contributed by atoms with E-state index in [-0.39, 0.29) is 5.56 Å². The van der Waals surface area contributed by atoms with Gasteiger partial charge in [0.2, 0.25) is 0 Å². The molecule has 8 nitrogen and oxygen atoms in total. The van der Waals surface area contributed by atoms with E-state index in [2.05, 4.69) is 10.2 Å². The molecule has 5 rings (SSSR count). The van der Waals surface area contributed by atoms with Crippen LogP contribution in [-0.4, -0.2) is 33.2 Å². The lowest BCUT2D eigenvalue weighted by Gasteiger charge is -2.18. The molecule has 0 radical (unpaired) electrons. The van der Waals surface area contributed by atoms with Gasteiger partial charge in [-0.3, -0.25) is 4.79 Å². The second-order valence-corrected chi connectivity index (χ2v) is 7.45. The number of rotatable bonds is 4. The fraction of sp³-hybridized carbons (Fsp3) is 0.120. The number of nitrogens with one attached hydrogen (secondary N) is 1. The van der Waals surface area contributed by atoms with Crippen LogP contribution in [0.5, 0.6) is 11.5 Å². The van der Waals surface area contributed by atoms with Crippen LogP contribution < -0.4 is 15.0 Å². The van der Waals surface area contributed by atoms with E-state index in [1.807, 2.05) is 66.9 Å². The first-order valence-corrected chi connectivity index (χ1v) is 10.4. The van der Waals surface area contributed by atoms with Gasteiger partial charge in [-0.15, -0.1) is 0 Å². The van der Waals surface area contributed by atoms with E-state index < -0.39 is 5.56 Å². The van der Waals surface area contributed by atoms with Crippen molar-refractivity contribution in [3.8, 4) is 34.5 Å². The topological polar surface area (TPSA) is 106 Å². The fourth-order valence-electron chi connectivity index (χ4n) is 3.65. The van der Waals surface area contributed by atoms with Crippen molar-refractivity contribution in [1.29, 1.82) is 5.26 Å². The van der Waals surface area contributed by atoms with Crippen molar-refractivity contribution in [2.24, 2.45) is 0 Å². The summed E-state index contributed by atoms with van der Waals surface area (Å²) in [4.78, 5) is 11.8. The predicted molar refractivity (Wildman–Crippen MR) is 123 cm³/mol. The number of hydrogen-bond acceptors (Lipinski definition) is 6. The Morgan fingerprint density at radius 1 is 1.09 bits per heavy atom. The molecule has 0 saturated carbocycles. The molecular formula is C25H19N5O3. The molecule has 1 aliphatic rings. The summed E-state index contributed by atoms with van der Waals surface area (Å²) < 4.78 is 13.2. The normalized spacial score (nSPS) is 12.6. The molecule has 2 aromatic carbocycles. The minimum Gasteiger partial charge on any atom is -0.486 e. The number of para-hydroxylation sites is 1. The Morgan fingerprint density at radius 3 is 2.67 bits per heavy atom. The summed E-state index contributed by atoms with van der Waals surface area (Å²) in [5, 5.41) is 20.6. The van der Waals surface area contributed by atoms with Gasteiger partial charge in [0.15, 0.2) is 11.5 Å². The van der Waals surface area contributed by atoms with Crippen LogP contribution in [0.25, 0.3) is 29.1 Å². The molecule has 0 bridgehead atoms. The van der Waals surface area contributed by atoms with Crippen LogP contribution in [0.2, 0.25) is 0 Å². The van der Waals surface area contributed by atoms with Crippen molar-refractivity contribution < 1.29 is 9.47 Å². The van der Waals surface area contributed by atoms with Crippen LogP contribution in [-0.2, 0) is 0 Å². The zero-order valence-corrected chi connectivity index (χ0v) is 17.8. The Hall–Kier alpha value is -4.64. The molecule has 0 amide bonds. The highest BCUT2D eigenvalue weighted by Gasteiger charge is 2.17. The lowest BCUT2D eigenvalue weighted by molar-refractivity contribution is 0.171. The third-order valence-corrected chi connectivity index (χ3v) is 5.38. The standard InChI is InChI=1S/C25H19N5O3/c1-16-20(14-26)25(31)28-27-21(16)9-7-18-15-30(19-5-3-2-4-6-19)29-24(18)17-8-10-22-23(13-17)33-12-11-32-22/h2-10,13,15H,11-12H2,1H3,(H,28,31)/b9-7+. The second-order valence-electron chi connectivity index (χ2n) is 7.45. The number of ether oxygens (including phenoxy) is 2. The first-order chi connectivity index (χ1) is 16.1. The molecule has 0 unspecified atom stereocenters. The van der Waals surface area contributed by atoms with Crippen LogP contribution in [0, 0.1) is 18.3 Å². The summed E-state index contributed by atoms with van der Waals surface area (Å²) in [7, 11) is 0. The molecule has 33 heavy (non-hydrogen) atoms. The Morgan fingerprint density at radius 2 is 1.88 bits per heavy atom. The number of hydrogen-bond donors (Lipinski definition) is 1. The Labute approximate surface area is 189 Å². The van der Waals surface area contributed by atoms with Crippen molar-refractivity contribution in [2.45, 2.75) is 6.92 Å². The van der Waals surface area contributed by atoms with Gasteiger partial charge in [0, 0.05) is 17.3 Å². The van der Waals surface area contributed by atoms with Crippen LogP contribution in [0.15, 0.2) is 59.5 Å². The number of benzene rings is 2. The third-order valence-electron chi connectivity index (χ3n) is 5.38. The maximum atomic E-state index is 11.8. The van der Waals surface area contributed by atoms with Gasteiger partial charge in [-0.25, -0.2) is 9.78 Å². The van der Waals surface area contributed by atoms with E-state index >= 15 is 0 Å². The van der Waals surface area contributed by atoms with Crippen LogP contribution in [0.4, 0.5) is 0 Å². The minimum atomic E-state index is -0.499. The molecule has 0 spiro atoms. The average Bonchev–Trinajstić information content (AvgIpc) is 3.28. The number of aromatic amines is 1. The lowest BCUT2D eigenvalue weighted by Crippen LogP contribution is -2.15. The van der Waals surface area contributed by atoms with Gasteiger partial charge in [0.05, 0.1) is 11.4 Å². The first kappa shape index (κ1) is 20.3. The second kappa shape index (κ2) is 8.48. The molecule has 0 fully saturated rings. The highest BCUT2D eigenvalue weighted by atomic mass is 16.6. The number of nitrogens with zero attached hydrogens (tertiary/aromatic N) is 4. The number of nitriles is 1. The lowest BCUT2D eigenvalue weighted by atomic mass is 10.1. The van der Waals surface area contributed by atoms with Crippen LogP contribution in [0.3, 0.4) is 0 Å². The fourth-order valence-corrected chi connectivity index (χ4v) is 3.65. The number of H-pyrrole nitrogens is 1. The van der Waals surface area contributed by atoms with Crippen molar-refractivity contribution in [3.63, 3.8) is 0 Å². The van der Waals surface area contributed by atoms with Crippen molar-refractivity contribution in [3.05, 3.63) is 87.5 Å². The van der Waals surface area contributed by atoms with Gasteiger partial charge in [0.1, 0.15) is 30.5 Å². The molecule has 2 aromatic heterocycles. The highest BCUT2D eigenvalue weighted by Crippen LogP contribution is 2.35. The molecular weight excluding hydrogens is 418 g/mol. The van der Waals surface area contributed by atoms with Crippen molar-refractivity contribution in [1.82, 2.24) is 20.0 Å². The van der Waals surface area contributed by atoms with Gasteiger partial charge in [0.25, 0.3) is 5.56 Å². The Bertz CT molecular complexity index is 1460. The molecule has 1 aliphatic heterocycles. The summed E-state index contributed by atoms with van der Waals surface area (Å²) in [5.74, 6) is 1.39. The predicted octanol–water partition coefficient (Wildman–Crippen LogP) is 3.74.